The Morgan fingerprint density at radius 2 is 2.18 bits per heavy atom. The first-order chi connectivity index (χ1) is 7.95. The second-order valence-corrected chi connectivity index (χ2v) is 4.03. The monoisotopic (exact) mass is 239 g/mol. The molecule has 0 saturated carbocycles. The lowest BCUT2D eigenvalue weighted by Crippen LogP contribution is -2.41. The molecule has 0 aliphatic heterocycles. The summed E-state index contributed by atoms with van der Waals surface area (Å²) in [5, 5.41) is 8.81. The normalized spacial score (nSPS) is 12.2. The van der Waals surface area contributed by atoms with Gasteiger partial charge in [-0.05, 0) is 26.3 Å². The van der Waals surface area contributed by atoms with E-state index in [1.165, 1.54) is 11.2 Å². The van der Waals surface area contributed by atoms with Gasteiger partial charge in [0.2, 0.25) is 0 Å². The average molecular weight is 239 g/mol. The van der Waals surface area contributed by atoms with Crippen molar-refractivity contribution >= 4 is 11.9 Å². The van der Waals surface area contributed by atoms with Crippen LogP contribution in [0, 0.1) is 6.92 Å². The summed E-state index contributed by atoms with van der Waals surface area (Å²) in [5.74, 6) is -0.690. The van der Waals surface area contributed by atoms with Gasteiger partial charge in [0.25, 0.3) is 5.91 Å². The van der Waals surface area contributed by atoms with Crippen LogP contribution in [0.5, 0.6) is 0 Å². The quantitative estimate of drug-likeness (QED) is 0.852. The highest BCUT2D eigenvalue weighted by Crippen LogP contribution is 2.13. The predicted molar refractivity (Wildman–Crippen MR) is 61.9 cm³/mol. The third-order valence-electron chi connectivity index (χ3n) is 2.67. The molecule has 1 amide bonds. The Morgan fingerprint density at radius 3 is 2.59 bits per heavy atom. The van der Waals surface area contributed by atoms with Gasteiger partial charge in [0.15, 0.2) is 0 Å². The van der Waals surface area contributed by atoms with E-state index in [0.717, 1.165) is 0 Å². The van der Waals surface area contributed by atoms with E-state index in [-0.39, 0.29) is 18.5 Å². The molecule has 17 heavy (non-hydrogen) atoms. The molecule has 0 aliphatic carbocycles. The molecule has 5 heteroatoms. The minimum atomic E-state index is -1.01. The Bertz CT molecular complexity index is 410. The average Bonchev–Trinajstić information content (AvgIpc) is 2.70. The summed E-state index contributed by atoms with van der Waals surface area (Å²) in [4.78, 5) is 24.2. The summed E-state index contributed by atoms with van der Waals surface area (Å²) in [5.41, 5.74) is 0.393. The van der Waals surface area contributed by atoms with Gasteiger partial charge in [-0.15, -0.1) is 0 Å². The number of carboxylic acid groups (broad SMARTS) is 1. The van der Waals surface area contributed by atoms with E-state index in [0.29, 0.717) is 17.7 Å². The molecule has 0 aliphatic rings. The molecule has 0 fully saturated rings. The third-order valence-corrected chi connectivity index (χ3v) is 2.67. The van der Waals surface area contributed by atoms with Crippen molar-refractivity contribution in [3.63, 3.8) is 0 Å². The fourth-order valence-electron chi connectivity index (χ4n) is 1.52. The standard InChI is InChI=1S/C12H17NO4/c1-4-8(2)13(6-11(14)15)12(16)10-5-9(3)17-7-10/h5,7-8H,4,6H2,1-3H3,(H,14,15). The van der Waals surface area contributed by atoms with E-state index < -0.39 is 5.97 Å². The zero-order valence-corrected chi connectivity index (χ0v) is 10.3. The first-order valence-corrected chi connectivity index (χ1v) is 5.53. The summed E-state index contributed by atoms with van der Waals surface area (Å²) in [6.07, 6.45) is 2.06. The molecule has 0 radical (unpaired) electrons. The summed E-state index contributed by atoms with van der Waals surface area (Å²) < 4.78 is 5.06. The molecule has 0 aromatic carbocycles. The Kier molecular flexibility index (Phi) is 4.31. The number of carbonyl (C=O) groups excluding carboxylic acids is 1. The number of rotatable bonds is 5. The summed E-state index contributed by atoms with van der Waals surface area (Å²) in [6, 6.07) is 1.49. The molecule has 1 N–H and O–H groups in total. The summed E-state index contributed by atoms with van der Waals surface area (Å²) >= 11 is 0. The first-order valence-electron chi connectivity index (χ1n) is 5.53. The lowest BCUT2D eigenvalue weighted by atomic mass is 10.2. The maximum atomic E-state index is 12.1. The first kappa shape index (κ1) is 13.3. The van der Waals surface area contributed by atoms with Crippen LogP contribution in [-0.4, -0.2) is 34.5 Å². The van der Waals surface area contributed by atoms with Crippen LogP contribution in [0.1, 0.15) is 36.4 Å². The maximum Gasteiger partial charge on any atom is 0.323 e. The molecule has 5 nitrogen and oxygen atoms in total. The van der Waals surface area contributed by atoms with Crippen LogP contribution in [0.25, 0.3) is 0 Å². The fraction of sp³-hybridized carbons (Fsp3) is 0.500. The maximum absolute atomic E-state index is 12.1. The predicted octanol–water partition coefficient (Wildman–Crippen LogP) is 1.91. The van der Waals surface area contributed by atoms with Crippen molar-refractivity contribution in [2.24, 2.45) is 0 Å². The number of carboxylic acids is 1. The third kappa shape index (κ3) is 3.34. The Hall–Kier alpha value is -1.78. The zero-order valence-electron chi connectivity index (χ0n) is 10.3. The second-order valence-electron chi connectivity index (χ2n) is 4.03. The molecule has 94 valence electrons. The molecule has 1 heterocycles. The van der Waals surface area contributed by atoms with Gasteiger partial charge in [-0.3, -0.25) is 9.59 Å². The number of amides is 1. The SMILES string of the molecule is CCC(C)N(CC(=O)O)C(=O)c1coc(C)c1. The van der Waals surface area contributed by atoms with E-state index in [4.69, 9.17) is 9.52 Å². The number of hydrogen-bond donors (Lipinski definition) is 1. The molecule has 0 bridgehead atoms. The number of aryl methyl sites for hydroxylation is 1. The molecule has 1 unspecified atom stereocenters. The van der Waals surface area contributed by atoms with Crippen LogP contribution in [0.4, 0.5) is 0 Å². The molecule has 0 spiro atoms. The van der Waals surface area contributed by atoms with Crippen LogP contribution in [0.15, 0.2) is 16.7 Å². The van der Waals surface area contributed by atoms with Crippen molar-refractivity contribution in [1.29, 1.82) is 0 Å². The Labute approximate surface area is 100 Å². The Balaban J connectivity index is 2.89. The minimum Gasteiger partial charge on any atom is -0.480 e. The van der Waals surface area contributed by atoms with Crippen LogP contribution < -0.4 is 0 Å². The van der Waals surface area contributed by atoms with E-state index in [2.05, 4.69) is 0 Å². The van der Waals surface area contributed by atoms with Crippen LogP contribution in [0.2, 0.25) is 0 Å². The van der Waals surface area contributed by atoms with Gasteiger partial charge in [0.05, 0.1) is 5.56 Å². The summed E-state index contributed by atoms with van der Waals surface area (Å²) in [6.45, 7) is 5.18. The van der Waals surface area contributed by atoms with Crippen molar-refractivity contribution in [2.45, 2.75) is 33.2 Å². The van der Waals surface area contributed by atoms with Gasteiger partial charge in [-0.25, -0.2) is 0 Å². The summed E-state index contributed by atoms with van der Waals surface area (Å²) in [7, 11) is 0. The number of nitrogens with zero attached hydrogens (tertiary/aromatic N) is 1. The number of carbonyl (C=O) groups is 2. The van der Waals surface area contributed by atoms with Crippen LogP contribution in [-0.2, 0) is 4.79 Å². The molecular formula is C12H17NO4. The Morgan fingerprint density at radius 1 is 1.53 bits per heavy atom. The lowest BCUT2D eigenvalue weighted by molar-refractivity contribution is -0.138. The van der Waals surface area contributed by atoms with Crippen LogP contribution >= 0.6 is 0 Å². The fourth-order valence-corrected chi connectivity index (χ4v) is 1.52. The van der Waals surface area contributed by atoms with Gasteiger partial charge in [0, 0.05) is 6.04 Å². The highest BCUT2D eigenvalue weighted by molar-refractivity contribution is 5.95. The highest BCUT2D eigenvalue weighted by Gasteiger charge is 2.23. The topological polar surface area (TPSA) is 70.8 Å². The molecule has 1 aromatic rings. The number of furan rings is 1. The second kappa shape index (κ2) is 5.52. The van der Waals surface area contributed by atoms with Crippen molar-refractivity contribution < 1.29 is 19.1 Å². The molecule has 1 atom stereocenters. The molecule has 1 rings (SSSR count). The van der Waals surface area contributed by atoms with Gasteiger partial charge in [0.1, 0.15) is 18.6 Å². The van der Waals surface area contributed by atoms with E-state index >= 15 is 0 Å². The van der Waals surface area contributed by atoms with Gasteiger partial charge in [-0.2, -0.15) is 0 Å². The highest BCUT2D eigenvalue weighted by atomic mass is 16.4. The van der Waals surface area contributed by atoms with Gasteiger partial charge < -0.3 is 14.4 Å². The molecule has 1 aromatic heterocycles. The smallest absolute Gasteiger partial charge is 0.323 e. The minimum absolute atomic E-state index is 0.117. The lowest BCUT2D eigenvalue weighted by Gasteiger charge is -2.26. The largest absolute Gasteiger partial charge is 0.480 e. The number of hydrogen-bond acceptors (Lipinski definition) is 3. The van der Waals surface area contributed by atoms with Crippen LogP contribution in [0.3, 0.4) is 0 Å². The van der Waals surface area contributed by atoms with Gasteiger partial charge in [-0.1, -0.05) is 6.92 Å². The van der Waals surface area contributed by atoms with Crippen molar-refractivity contribution in [3.05, 3.63) is 23.7 Å². The van der Waals surface area contributed by atoms with Crippen molar-refractivity contribution in [1.82, 2.24) is 4.90 Å². The van der Waals surface area contributed by atoms with Gasteiger partial charge >= 0.3 is 5.97 Å². The van der Waals surface area contributed by atoms with Crippen molar-refractivity contribution in [3.8, 4) is 0 Å². The molecular weight excluding hydrogens is 222 g/mol. The van der Waals surface area contributed by atoms with E-state index in [1.54, 1.807) is 13.0 Å². The van der Waals surface area contributed by atoms with E-state index in [9.17, 15) is 9.59 Å². The van der Waals surface area contributed by atoms with E-state index in [1.807, 2.05) is 13.8 Å². The zero-order chi connectivity index (χ0) is 13.0. The number of aliphatic carboxylic acids is 1. The van der Waals surface area contributed by atoms with Crippen molar-refractivity contribution in [2.75, 3.05) is 6.54 Å². The molecule has 0 saturated heterocycles.